The Morgan fingerprint density at radius 2 is 1.86 bits per heavy atom. The third kappa shape index (κ3) is 5.34. The number of aliphatic carboxylic acids is 2. The van der Waals surface area contributed by atoms with Crippen molar-refractivity contribution in [2.24, 2.45) is 11.8 Å². The summed E-state index contributed by atoms with van der Waals surface area (Å²) in [5.41, 5.74) is 0.516. The number of hydrogen-bond acceptors (Lipinski definition) is 2. The lowest BCUT2D eigenvalue weighted by atomic mass is 9.70. The summed E-state index contributed by atoms with van der Waals surface area (Å²) in [6.07, 6.45) is 1.10. The molecule has 0 bridgehead atoms. The predicted molar refractivity (Wildman–Crippen MR) is 86.3 cm³/mol. The fourth-order valence-corrected chi connectivity index (χ4v) is 3.28. The largest absolute Gasteiger partial charge is 0.481 e. The molecular formula is C17H23ClO4. The van der Waals surface area contributed by atoms with Gasteiger partial charge in [0.25, 0.3) is 0 Å². The topological polar surface area (TPSA) is 74.6 Å². The molecule has 0 radical (unpaired) electrons. The molecule has 22 heavy (non-hydrogen) atoms. The summed E-state index contributed by atoms with van der Waals surface area (Å²) < 4.78 is 0. The lowest BCUT2D eigenvalue weighted by molar-refractivity contribution is -0.142. The highest BCUT2D eigenvalue weighted by Crippen LogP contribution is 2.38. The van der Waals surface area contributed by atoms with Crippen molar-refractivity contribution in [3.05, 3.63) is 34.9 Å². The highest BCUT2D eigenvalue weighted by Gasteiger charge is 2.33. The van der Waals surface area contributed by atoms with Crippen LogP contribution in [0.2, 0.25) is 5.02 Å². The van der Waals surface area contributed by atoms with Crippen LogP contribution in [0.5, 0.6) is 0 Å². The maximum atomic E-state index is 11.2. The molecule has 4 nitrogen and oxygen atoms in total. The molecule has 0 aromatic heterocycles. The van der Waals surface area contributed by atoms with Crippen molar-refractivity contribution >= 4 is 23.5 Å². The van der Waals surface area contributed by atoms with Crippen LogP contribution >= 0.6 is 11.6 Å². The molecule has 1 aromatic rings. The van der Waals surface area contributed by atoms with E-state index >= 15 is 0 Å². The van der Waals surface area contributed by atoms with Crippen LogP contribution in [-0.4, -0.2) is 22.2 Å². The van der Waals surface area contributed by atoms with Crippen LogP contribution in [0, 0.1) is 11.8 Å². The van der Waals surface area contributed by atoms with Crippen LogP contribution in [0.4, 0.5) is 0 Å². The minimum atomic E-state index is -0.848. The van der Waals surface area contributed by atoms with Gasteiger partial charge in [-0.25, -0.2) is 0 Å². The molecular weight excluding hydrogens is 304 g/mol. The molecule has 0 saturated carbocycles. The molecule has 3 atom stereocenters. The van der Waals surface area contributed by atoms with E-state index < -0.39 is 23.3 Å². The number of hydrogen-bond donors (Lipinski definition) is 2. The van der Waals surface area contributed by atoms with Crippen molar-refractivity contribution in [3.63, 3.8) is 0 Å². The van der Waals surface area contributed by atoms with Gasteiger partial charge in [0.1, 0.15) is 0 Å². The molecule has 0 aliphatic rings. The molecule has 0 fully saturated rings. The first-order chi connectivity index (χ1) is 10.1. The number of carbonyl (C=O) groups is 2. The van der Waals surface area contributed by atoms with Gasteiger partial charge in [-0.15, -0.1) is 0 Å². The molecule has 3 unspecified atom stereocenters. The van der Waals surface area contributed by atoms with E-state index in [9.17, 15) is 14.7 Å². The first-order valence-electron chi connectivity index (χ1n) is 7.34. The summed E-state index contributed by atoms with van der Waals surface area (Å²) in [4.78, 5) is 22.1. The Bertz CT molecular complexity index is 543. The highest BCUT2D eigenvalue weighted by molar-refractivity contribution is 6.30. The van der Waals surface area contributed by atoms with Gasteiger partial charge in [-0.1, -0.05) is 44.5 Å². The first-order valence-corrected chi connectivity index (χ1v) is 7.72. The summed E-state index contributed by atoms with van der Waals surface area (Å²) >= 11 is 6.06. The van der Waals surface area contributed by atoms with Crippen molar-refractivity contribution in [1.29, 1.82) is 0 Å². The summed E-state index contributed by atoms with van der Waals surface area (Å²) in [7, 11) is 0. The number of rotatable bonds is 8. The second-order valence-electron chi connectivity index (χ2n) is 6.42. The van der Waals surface area contributed by atoms with Gasteiger partial charge in [-0.2, -0.15) is 0 Å². The molecule has 122 valence electrons. The Kier molecular flexibility index (Phi) is 6.42. The van der Waals surface area contributed by atoms with Gasteiger partial charge in [0.05, 0.1) is 5.92 Å². The molecule has 1 aromatic carbocycles. The van der Waals surface area contributed by atoms with Crippen LogP contribution in [-0.2, 0) is 15.0 Å². The van der Waals surface area contributed by atoms with Gasteiger partial charge in [0.15, 0.2) is 0 Å². The van der Waals surface area contributed by atoms with E-state index in [-0.39, 0.29) is 12.3 Å². The van der Waals surface area contributed by atoms with E-state index in [1.165, 1.54) is 0 Å². The zero-order valence-electron chi connectivity index (χ0n) is 13.2. The summed E-state index contributed by atoms with van der Waals surface area (Å²) in [6, 6.07) is 7.37. The normalized spacial score (nSPS) is 16.5. The molecule has 0 aliphatic carbocycles. The molecule has 1 rings (SSSR count). The monoisotopic (exact) mass is 326 g/mol. The van der Waals surface area contributed by atoms with Crippen LogP contribution < -0.4 is 0 Å². The average Bonchev–Trinajstić information content (AvgIpc) is 2.37. The standard InChI is InChI=1S/C17H23ClO4/c1-11(7-15(19)20)9-17(3,10-12(2)16(21)22)13-5-4-6-14(18)8-13/h4-6,8,11-12H,7,9-10H2,1-3H3,(H,19,20)(H,21,22). The lowest BCUT2D eigenvalue weighted by Crippen LogP contribution is -2.30. The number of benzene rings is 1. The Morgan fingerprint density at radius 1 is 1.23 bits per heavy atom. The number of carboxylic acids is 2. The van der Waals surface area contributed by atoms with Crippen LogP contribution in [0.25, 0.3) is 0 Å². The lowest BCUT2D eigenvalue weighted by Gasteiger charge is -2.34. The second kappa shape index (κ2) is 7.63. The van der Waals surface area contributed by atoms with Gasteiger partial charge in [-0.05, 0) is 41.9 Å². The van der Waals surface area contributed by atoms with Crippen molar-refractivity contribution in [2.75, 3.05) is 0 Å². The molecule has 2 N–H and O–H groups in total. The van der Waals surface area contributed by atoms with Crippen LogP contribution in [0.1, 0.15) is 45.6 Å². The Labute approximate surface area is 136 Å². The third-order valence-corrected chi connectivity index (χ3v) is 4.26. The fraction of sp³-hybridized carbons (Fsp3) is 0.529. The van der Waals surface area contributed by atoms with Gasteiger partial charge in [0, 0.05) is 11.4 Å². The zero-order valence-corrected chi connectivity index (χ0v) is 13.9. The molecule has 0 spiro atoms. The number of halogens is 1. The van der Waals surface area contributed by atoms with Gasteiger partial charge >= 0.3 is 11.9 Å². The quantitative estimate of drug-likeness (QED) is 0.750. The molecule has 0 heterocycles. The van der Waals surface area contributed by atoms with E-state index in [4.69, 9.17) is 16.7 Å². The van der Waals surface area contributed by atoms with Crippen molar-refractivity contribution in [3.8, 4) is 0 Å². The van der Waals surface area contributed by atoms with Crippen molar-refractivity contribution in [1.82, 2.24) is 0 Å². The summed E-state index contributed by atoms with van der Waals surface area (Å²) in [6.45, 7) is 5.53. The average molecular weight is 327 g/mol. The van der Waals surface area contributed by atoms with Crippen molar-refractivity contribution < 1.29 is 19.8 Å². The van der Waals surface area contributed by atoms with E-state index in [1.54, 1.807) is 13.0 Å². The minimum absolute atomic E-state index is 0.0533. The second-order valence-corrected chi connectivity index (χ2v) is 6.86. The maximum absolute atomic E-state index is 11.2. The zero-order chi connectivity index (χ0) is 16.9. The van der Waals surface area contributed by atoms with Gasteiger partial charge < -0.3 is 10.2 Å². The predicted octanol–water partition coefficient (Wildman–Crippen LogP) is 4.21. The van der Waals surface area contributed by atoms with E-state index in [1.807, 2.05) is 32.0 Å². The smallest absolute Gasteiger partial charge is 0.306 e. The first kappa shape index (κ1) is 18.5. The summed E-state index contributed by atoms with van der Waals surface area (Å²) in [5, 5.41) is 18.8. The Hall–Kier alpha value is -1.55. The molecule has 0 saturated heterocycles. The third-order valence-electron chi connectivity index (χ3n) is 4.02. The Morgan fingerprint density at radius 3 is 2.36 bits per heavy atom. The molecule has 0 aliphatic heterocycles. The van der Waals surface area contributed by atoms with E-state index in [0.717, 1.165) is 5.56 Å². The summed E-state index contributed by atoms with van der Waals surface area (Å²) in [5.74, 6) is -2.25. The van der Waals surface area contributed by atoms with E-state index in [2.05, 4.69) is 0 Å². The Balaban J connectivity index is 3.08. The molecule has 0 amide bonds. The van der Waals surface area contributed by atoms with Crippen LogP contribution in [0.15, 0.2) is 24.3 Å². The van der Waals surface area contributed by atoms with Crippen molar-refractivity contribution in [2.45, 2.75) is 45.4 Å². The van der Waals surface area contributed by atoms with Crippen LogP contribution in [0.3, 0.4) is 0 Å². The number of carboxylic acid groups (broad SMARTS) is 2. The maximum Gasteiger partial charge on any atom is 0.306 e. The fourth-order valence-electron chi connectivity index (χ4n) is 3.09. The molecule has 5 heteroatoms. The minimum Gasteiger partial charge on any atom is -0.481 e. The SMILES string of the molecule is CC(CC(=O)O)CC(C)(CC(C)C(=O)O)c1cccc(Cl)c1. The van der Waals surface area contributed by atoms with Gasteiger partial charge in [-0.3, -0.25) is 9.59 Å². The van der Waals surface area contributed by atoms with Gasteiger partial charge in [0.2, 0.25) is 0 Å². The van der Waals surface area contributed by atoms with E-state index in [0.29, 0.717) is 17.9 Å². The highest BCUT2D eigenvalue weighted by atomic mass is 35.5.